The maximum atomic E-state index is 8.95. The molecule has 0 unspecified atom stereocenters. The summed E-state index contributed by atoms with van der Waals surface area (Å²) in [6.45, 7) is 0. The van der Waals surface area contributed by atoms with Crippen LogP contribution in [0.2, 0.25) is 0 Å². The minimum Gasteiger partial charge on any atom is -0.365 e. The number of nitriles is 1. The second kappa shape index (κ2) is 4.95. The first kappa shape index (κ1) is 10.9. The lowest BCUT2D eigenvalue weighted by Gasteiger charge is -2.29. The van der Waals surface area contributed by atoms with Crippen LogP contribution < -0.4 is 11.1 Å². The highest BCUT2D eigenvalue weighted by atomic mass is 15.0. The Morgan fingerprint density at radius 1 is 1.44 bits per heavy atom. The highest BCUT2D eigenvalue weighted by Crippen LogP contribution is 2.21. The maximum Gasteiger partial charge on any atom is 0.144 e. The quantitative estimate of drug-likeness (QED) is 0.788. The number of nitrogens with two attached hydrogens (primary N) is 1. The Kier molecular flexibility index (Phi) is 3.37. The van der Waals surface area contributed by atoms with Gasteiger partial charge in [0.1, 0.15) is 11.9 Å². The first-order valence-electron chi connectivity index (χ1n) is 5.68. The Morgan fingerprint density at radius 2 is 2.25 bits per heavy atom. The van der Waals surface area contributed by atoms with E-state index < -0.39 is 0 Å². The van der Waals surface area contributed by atoms with Crippen molar-refractivity contribution in [1.29, 1.82) is 5.26 Å². The van der Waals surface area contributed by atoms with Gasteiger partial charge in [-0.2, -0.15) is 5.26 Å². The molecule has 3 N–H and O–H groups in total. The second-order valence-corrected chi connectivity index (χ2v) is 4.21. The highest BCUT2D eigenvalue weighted by Gasteiger charge is 2.22. The number of hydrogen-bond donors (Lipinski definition) is 2. The maximum absolute atomic E-state index is 8.95. The zero-order chi connectivity index (χ0) is 11.4. The summed E-state index contributed by atoms with van der Waals surface area (Å²) in [5.74, 6) is 0.660. The van der Waals surface area contributed by atoms with E-state index in [1.54, 1.807) is 18.3 Å². The van der Waals surface area contributed by atoms with Crippen molar-refractivity contribution in [1.82, 2.24) is 4.98 Å². The summed E-state index contributed by atoms with van der Waals surface area (Å²) in [4.78, 5) is 4.19. The van der Waals surface area contributed by atoms with E-state index in [4.69, 9.17) is 11.0 Å². The lowest BCUT2D eigenvalue weighted by Crippen LogP contribution is -2.42. The van der Waals surface area contributed by atoms with Crippen LogP contribution in [-0.4, -0.2) is 17.1 Å². The average Bonchev–Trinajstić information content (AvgIpc) is 2.33. The van der Waals surface area contributed by atoms with E-state index >= 15 is 0 Å². The Bertz CT molecular complexity index is 396. The minimum atomic E-state index is 0.169. The first-order valence-corrected chi connectivity index (χ1v) is 5.68. The zero-order valence-electron chi connectivity index (χ0n) is 9.19. The number of anilines is 1. The van der Waals surface area contributed by atoms with Crippen LogP contribution >= 0.6 is 0 Å². The molecule has 1 heterocycles. The molecule has 1 aromatic heterocycles. The predicted octanol–water partition coefficient (Wildman–Crippen LogP) is 1.64. The van der Waals surface area contributed by atoms with E-state index in [1.807, 2.05) is 0 Å². The molecule has 0 spiro atoms. The van der Waals surface area contributed by atoms with E-state index in [0.717, 1.165) is 12.8 Å². The molecule has 1 aromatic rings. The van der Waals surface area contributed by atoms with Crippen molar-refractivity contribution in [2.75, 3.05) is 5.32 Å². The summed E-state index contributed by atoms with van der Waals surface area (Å²) in [6.07, 6.45) is 6.19. The first-order chi connectivity index (χ1) is 7.81. The fraction of sp³-hybridized carbons (Fsp3) is 0.500. The Morgan fingerprint density at radius 3 is 3.00 bits per heavy atom. The largest absolute Gasteiger partial charge is 0.365 e. The molecule has 0 bridgehead atoms. The average molecular weight is 216 g/mol. The standard InChI is InChI=1S/C12H16N4/c13-8-9-4-3-7-15-12(9)16-11-6-2-1-5-10(11)14/h3-4,7,10-11H,1-2,5-6,14H2,(H,15,16)/t10-,11+/m1/s1. The van der Waals surface area contributed by atoms with E-state index in [-0.39, 0.29) is 12.1 Å². The minimum absolute atomic E-state index is 0.169. The van der Waals surface area contributed by atoms with Gasteiger partial charge in [-0.05, 0) is 25.0 Å². The molecule has 0 amide bonds. The molecule has 16 heavy (non-hydrogen) atoms. The van der Waals surface area contributed by atoms with Gasteiger partial charge < -0.3 is 11.1 Å². The molecule has 1 aliphatic rings. The molecule has 1 aliphatic carbocycles. The summed E-state index contributed by atoms with van der Waals surface area (Å²) in [5, 5.41) is 12.2. The fourth-order valence-electron chi connectivity index (χ4n) is 2.12. The van der Waals surface area contributed by atoms with E-state index in [9.17, 15) is 0 Å². The van der Waals surface area contributed by atoms with Crippen molar-refractivity contribution in [2.45, 2.75) is 37.8 Å². The molecular weight excluding hydrogens is 200 g/mol. The Labute approximate surface area is 95.5 Å². The lowest BCUT2D eigenvalue weighted by atomic mass is 9.91. The summed E-state index contributed by atoms with van der Waals surface area (Å²) in [7, 11) is 0. The third-order valence-electron chi connectivity index (χ3n) is 3.07. The molecule has 1 fully saturated rings. The number of nitrogens with zero attached hydrogens (tertiary/aromatic N) is 2. The van der Waals surface area contributed by atoms with Crippen molar-refractivity contribution in [3.8, 4) is 6.07 Å². The molecule has 4 nitrogen and oxygen atoms in total. The number of pyridine rings is 1. The van der Waals surface area contributed by atoms with Gasteiger partial charge in [0.15, 0.2) is 0 Å². The number of hydrogen-bond acceptors (Lipinski definition) is 4. The van der Waals surface area contributed by atoms with Crippen LogP contribution in [0.1, 0.15) is 31.2 Å². The molecule has 2 atom stereocenters. The predicted molar refractivity (Wildman–Crippen MR) is 62.8 cm³/mol. The molecule has 0 aromatic carbocycles. The number of aromatic nitrogens is 1. The van der Waals surface area contributed by atoms with E-state index in [0.29, 0.717) is 11.4 Å². The molecule has 2 rings (SSSR count). The smallest absolute Gasteiger partial charge is 0.144 e. The lowest BCUT2D eigenvalue weighted by molar-refractivity contribution is 0.403. The second-order valence-electron chi connectivity index (χ2n) is 4.21. The van der Waals surface area contributed by atoms with Gasteiger partial charge in [-0.1, -0.05) is 12.8 Å². The third-order valence-corrected chi connectivity index (χ3v) is 3.07. The Hall–Kier alpha value is -1.60. The van der Waals surface area contributed by atoms with E-state index in [2.05, 4.69) is 16.4 Å². The topological polar surface area (TPSA) is 74.7 Å². The van der Waals surface area contributed by atoms with Crippen LogP contribution in [0.4, 0.5) is 5.82 Å². The van der Waals surface area contributed by atoms with Gasteiger partial charge in [0.05, 0.1) is 5.56 Å². The molecule has 0 aliphatic heterocycles. The fourth-order valence-corrected chi connectivity index (χ4v) is 2.12. The van der Waals surface area contributed by atoms with Gasteiger partial charge >= 0.3 is 0 Å². The molecule has 0 saturated heterocycles. The van der Waals surface area contributed by atoms with Gasteiger partial charge in [-0.3, -0.25) is 0 Å². The van der Waals surface area contributed by atoms with Gasteiger partial charge in [0, 0.05) is 18.3 Å². The summed E-state index contributed by atoms with van der Waals surface area (Å²) >= 11 is 0. The van der Waals surface area contributed by atoms with Crippen molar-refractivity contribution in [2.24, 2.45) is 5.73 Å². The van der Waals surface area contributed by atoms with Gasteiger partial charge in [-0.25, -0.2) is 4.98 Å². The summed E-state index contributed by atoms with van der Waals surface area (Å²) in [6, 6.07) is 6.08. The zero-order valence-corrected chi connectivity index (χ0v) is 9.19. The third kappa shape index (κ3) is 2.31. The van der Waals surface area contributed by atoms with Crippen LogP contribution in [0.3, 0.4) is 0 Å². The number of nitrogens with one attached hydrogen (secondary N) is 1. The molecule has 1 saturated carbocycles. The number of rotatable bonds is 2. The van der Waals surface area contributed by atoms with Gasteiger partial charge in [0.25, 0.3) is 0 Å². The van der Waals surface area contributed by atoms with Crippen molar-refractivity contribution < 1.29 is 0 Å². The van der Waals surface area contributed by atoms with Crippen LogP contribution in [0.5, 0.6) is 0 Å². The molecule has 4 heteroatoms. The van der Waals surface area contributed by atoms with Crippen molar-refractivity contribution >= 4 is 5.82 Å². The molecular formula is C12H16N4. The highest BCUT2D eigenvalue weighted by molar-refractivity contribution is 5.51. The summed E-state index contributed by atoms with van der Waals surface area (Å²) in [5.41, 5.74) is 6.63. The van der Waals surface area contributed by atoms with Crippen LogP contribution in [0.25, 0.3) is 0 Å². The van der Waals surface area contributed by atoms with Crippen LogP contribution in [-0.2, 0) is 0 Å². The summed E-state index contributed by atoms with van der Waals surface area (Å²) < 4.78 is 0. The molecule has 84 valence electrons. The van der Waals surface area contributed by atoms with Crippen molar-refractivity contribution in [3.63, 3.8) is 0 Å². The normalized spacial score (nSPS) is 24.8. The molecule has 0 radical (unpaired) electrons. The van der Waals surface area contributed by atoms with Crippen molar-refractivity contribution in [3.05, 3.63) is 23.9 Å². The van der Waals surface area contributed by atoms with Gasteiger partial charge in [-0.15, -0.1) is 0 Å². The Balaban J connectivity index is 2.11. The monoisotopic (exact) mass is 216 g/mol. The van der Waals surface area contributed by atoms with Gasteiger partial charge in [0.2, 0.25) is 0 Å². The van der Waals surface area contributed by atoms with Crippen LogP contribution in [0, 0.1) is 11.3 Å². The van der Waals surface area contributed by atoms with E-state index in [1.165, 1.54) is 12.8 Å². The SMILES string of the molecule is N#Cc1cccnc1N[C@H]1CCCC[C@H]1N. The van der Waals surface area contributed by atoms with Crippen LogP contribution in [0.15, 0.2) is 18.3 Å².